The number of benzene rings is 2. The number of amides is 1. The molecule has 0 saturated carbocycles. The van der Waals surface area contributed by atoms with Crippen LogP contribution in [0.25, 0.3) is 22.6 Å². The first-order chi connectivity index (χ1) is 19.5. The number of aromatic amines is 1. The SMILES string of the molecule is CC1(C(=O)N2CCOCC2)COC(c2nc(-c3ccc(F)cc3)c(-c3ccnc(Oc4ccccc4)n3)[nH]2)OC1. The first-order valence-corrected chi connectivity index (χ1v) is 13.0. The Labute approximate surface area is 230 Å². The van der Waals surface area contributed by atoms with Gasteiger partial charge in [-0.05, 0) is 49.4 Å². The van der Waals surface area contributed by atoms with Crippen molar-refractivity contribution in [3.05, 3.63) is 78.5 Å². The number of para-hydroxylation sites is 1. The van der Waals surface area contributed by atoms with E-state index in [1.807, 2.05) is 37.3 Å². The lowest BCUT2D eigenvalue weighted by Crippen LogP contribution is -2.53. The Bertz CT molecular complexity index is 1470. The number of rotatable bonds is 6. The molecule has 2 aromatic heterocycles. The number of nitrogens with one attached hydrogen (secondary N) is 1. The van der Waals surface area contributed by atoms with Crippen molar-refractivity contribution in [3.8, 4) is 34.4 Å². The maximum atomic E-state index is 13.7. The average molecular weight is 546 g/mol. The van der Waals surface area contributed by atoms with Crippen molar-refractivity contribution in [2.24, 2.45) is 5.41 Å². The van der Waals surface area contributed by atoms with Crippen molar-refractivity contribution < 1.29 is 28.1 Å². The third-order valence-electron chi connectivity index (χ3n) is 6.83. The maximum Gasteiger partial charge on any atom is 0.322 e. The molecule has 2 aliphatic heterocycles. The second kappa shape index (κ2) is 11.1. The molecule has 2 aromatic carbocycles. The summed E-state index contributed by atoms with van der Waals surface area (Å²) in [6.07, 6.45) is 0.756. The number of hydrogen-bond acceptors (Lipinski definition) is 8. The molecule has 2 aliphatic rings. The van der Waals surface area contributed by atoms with E-state index >= 15 is 0 Å². The van der Waals surface area contributed by atoms with Crippen LogP contribution < -0.4 is 4.74 Å². The molecule has 11 heteroatoms. The van der Waals surface area contributed by atoms with Gasteiger partial charge in [-0.2, -0.15) is 4.98 Å². The van der Waals surface area contributed by atoms with Crippen molar-refractivity contribution in [1.29, 1.82) is 0 Å². The van der Waals surface area contributed by atoms with Gasteiger partial charge >= 0.3 is 6.01 Å². The standard InChI is InChI=1S/C29H28FN5O5/c1-29(27(36)35-13-15-37-16-14-35)17-38-26(39-18-29)25-33-23(19-7-9-20(30)10-8-19)24(34-25)22-11-12-31-28(32-22)40-21-5-3-2-4-6-21/h2-12,26H,13-18H2,1H3,(H,33,34). The Kier molecular flexibility index (Phi) is 7.25. The minimum Gasteiger partial charge on any atom is -0.424 e. The zero-order valence-electron chi connectivity index (χ0n) is 21.9. The van der Waals surface area contributed by atoms with Gasteiger partial charge in [0.15, 0.2) is 5.82 Å². The molecule has 0 atom stereocenters. The molecule has 1 N–H and O–H groups in total. The number of imidazole rings is 1. The number of H-pyrrole nitrogens is 1. The summed E-state index contributed by atoms with van der Waals surface area (Å²) in [5, 5.41) is 0. The van der Waals surface area contributed by atoms with Gasteiger partial charge in [-0.25, -0.2) is 14.4 Å². The molecule has 206 valence electrons. The summed E-state index contributed by atoms with van der Waals surface area (Å²) in [5.74, 6) is 0.625. The van der Waals surface area contributed by atoms with E-state index in [-0.39, 0.29) is 30.9 Å². The molecule has 2 fully saturated rings. The third kappa shape index (κ3) is 5.44. The van der Waals surface area contributed by atoms with E-state index in [0.717, 1.165) is 0 Å². The highest BCUT2D eigenvalue weighted by Crippen LogP contribution is 2.36. The Morgan fingerprint density at radius 1 is 1.02 bits per heavy atom. The fraction of sp³-hybridized carbons (Fsp3) is 0.310. The van der Waals surface area contributed by atoms with Gasteiger partial charge in [0.2, 0.25) is 12.2 Å². The van der Waals surface area contributed by atoms with E-state index < -0.39 is 11.7 Å². The minimum absolute atomic E-state index is 0.0201. The highest BCUT2D eigenvalue weighted by Gasteiger charge is 2.43. The largest absolute Gasteiger partial charge is 0.424 e. The molecule has 0 aliphatic carbocycles. The minimum atomic E-state index is -0.833. The van der Waals surface area contributed by atoms with Crippen LogP contribution in [0.4, 0.5) is 4.39 Å². The van der Waals surface area contributed by atoms with Crippen molar-refractivity contribution in [2.45, 2.75) is 13.2 Å². The number of nitrogens with zero attached hydrogens (tertiary/aromatic N) is 4. The summed E-state index contributed by atoms with van der Waals surface area (Å²) in [4.78, 5) is 31.8. The van der Waals surface area contributed by atoms with Crippen LogP contribution >= 0.6 is 0 Å². The molecular weight excluding hydrogens is 517 g/mol. The number of ether oxygens (including phenoxy) is 4. The van der Waals surface area contributed by atoms with E-state index in [2.05, 4.69) is 15.0 Å². The second-order valence-electron chi connectivity index (χ2n) is 9.91. The topological polar surface area (TPSA) is 112 Å². The average Bonchev–Trinajstić information content (AvgIpc) is 3.44. The third-order valence-corrected chi connectivity index (χ3v) is 6.83. The van der Waals surface area contributed by atoms with Crippen molar-refractivity contribution in [2.75, 3.05) is 39.5 Å². The lowest BCUT2D eigenvalue weighted by molar-refractivity contribution is -0.235. The predicted octanol–water partition coefficient (Wildman–Crippen LogP) is 4.38. The van der Waals surface area contributed by atoms with E-state index in [0.29, 0.717) is 60.5 Å². The molecular formula is C29H28FN5O5. The quantitative estimate of drug-likeness (QED) is 0.380. The lowest BCUT2D eigenvalue weighted by Gasteiger charge is -2.39. The summed E-state index contributed by atoms with van der Waals surface area (Å²) in [5.41, 5.74) is 1.46. The molecule has 4 aromatic rings. The summed E-state index contributed by atoms with van der Waals surface area (Å²) in [6.45, 7) is 4.32. The van der Waals surface area contributed by atoms with Crippen molar-refractivity contribution >= 4 is 5.91 Å². The molecule has 1 amide bonds. The smallest absolute Gasteiger partial charge is 0.322 e. The number of halogens is 1. The number of hydrogen-bond donors (Lipinski definition) is 1. The molecule has 2 saturated heterocycles. The summed E-state index contributed by atoms with van der Waals surface area (Å²) < 4.78 is 37.0. The van der Waals surface area contributed by atoms with E-state index in [1.165, 1.54) is 12.1 Å². The molecule has 10 nitrogen and oxygen atoms in total. The number of morpholine rings is 1. The second-order valence-corrected chi connectivity index (χ2v) is 9.91. The summed E-state index contributed by atoms with van der Waals surface area (Å²) in [6, 6.07) is 17.1. The monoisotopic (exact) mass is 545 g/mol. The van der Waals surface area contributed by atoms with Gasteiger partial charge in [-0.15, -0.1) is 0 Å². The Morgan fingerprint density at radius 3 is 2.48 bits per heavy atom. The van der Waals surface area contributed by atoms with Crippen LogP contribution in [0.3, 0.4) is 0 Å². The highest BCUT2D eigenvalue weighted by molar-refractivity contribution is 5.83. The van der Waals surface area contributed by atoms with Gasteiger partial charge in [-0.1, -0.05) is 18.2 Å². The Balaban J connectivity index is 1.27. The maximum absolute atomic E-state index is 13.7. The molecule has 40 heavy (non-hydrogen) atoms. The first-order valence-electron chi connectivity index (χ1n) is 13.0. The predicted molar refractivity (Wildman–Crippen MR) is 142 cm³/mol. The summed E-state index contributed by atoms with van der Waals surface area (Å²) in [7, 11) is 0. The summed E-state index contributed by atoms with van der Waals surface area (Å²) >= 11 is 0. The first kappa shape index (κ1) is 26.1. The van der Waals surface area contributed by atoms with Gasteiger partial charge in [0.25, 0.3) is 0 Å². The Hall–Kier alpha value is -4.19. The zero-order valence-corrected chi connectivity index (χ0v) is 21.9. The van der Waals surface area contributed by atoms with Crippen LogP contribution in [-0.4, -0.2) is 70.3 Å². The molecule has 0 bridgehead atoms. The van der Waals surface area contributed by atoms with E-state index in [4.69, 9.17) is 23.9 Å². The fourth-order valence-electron chi connectivity index (χ4n) is 4.67. The van der Waals surface area contributed by atoms with Gasteiger partial charge < -0.3 is 28.8 Å². The van der Waals surface area contributed by atoms with Crippen LogP contribution in [0.2, 0.25) is 0 Å². The zero-order chi connectivity index (χ0) is 27.5. The number of carbonyl (C=O) groups excluding carboxylic acids is 1. The van der Waals surface area contributed by atoms with Crippen LogP contribution in [-0.2, 0) is 19.0 Å². The number of aromatic nitrogens is 4. The van der Waals surface area contributed by atoms with Crippen molar-refractivity contribution in [3.63, 3.8) is 0 Å². The normalized spacial score (nSPS) is 21.2. The van der Waals surface area contributed by atoms with E-state index in [1.54, 1.807) is 29.3 Å². The molecule has 4 heterocycles. The van der Waals surface area contributed by atoms with Crippen LogP contribution in [0.15, 0.2) is 66.9 Å². The van der Waals surface area contributed by atoms with Crippen molar-refractivity contribution in [1.82, 2.24) is 24.8 Å². The molecule has 0 radical (unpaired) electrons. The number of carbonyl (C=O) groups is 1. The molecule has 6 rings (SSSR count). The highest BCUT2D eigenvalue weighted by atomic mass is 19.1. The Morgan fingerprint density at radius 2 is 1.75 bits per heavy atom. The van der Waals surface area contributed by atoms with E-state index in [9.17, 15) is 9.18 Å². The van der Waals surface area contributed by atoms with Gasteiger partial charge in [0.05, 0.1) is 48.9 Å². The van der Waals surface area contributed by atoms with Crippen LogP contribution in [0.5, 0.6) is 11.8 Å². The van der Waals surface area contributed by atoms with Crippen LogP contribution in [0.1, 0.15) is 19.0 Å². The lowest BCUT2D eigenvalue weighted by atomic mass is 9.90. The molecule has 0 unspecified atom stereocenters. The van der Waals surface area contributed by atoms with Crippen LogP contribution in [0, 0.1) is 11.2 Å². The van der Waals surface area contributed by atoms with Gasteiger partial charge in [0, 0.05) is 24.8 Å². The van der Waals surface area contributed by atoms with Gasteiger partial charge in [-0.3, -0.25) is 4.79 Å². The fourth-order valence-corrected chi connectivity index (χ4v) is 4.67. The van der Waals surface area contributed by atoms with Gasteiger partial charge in [0.1, 0.15) is 11.6 Å². The molecule has 0 spiro atoms.